The summed E-state index contributed by atoms with van der Waals surface area (Å²) in [7, 11) is 0. The lowest BCUT2D eigenvalue weighted by molar-refractivity contribution is 0.102. The molecule has 20 heavy (non-hydrogen) atoms. The molecule has 0 bridgehead atoms. The standard InChI is InChI=1S/C14H11F3N2O/c1-7-4-9(11(16)6-10(7)15)14(20)19-13-3-2-8(18)5-12(13)17/h2-6H,18H2,1H3,(H,19,20). The van der Waals surface area contributed by atoms with Gasteiger partial charge in [-0.3, -0.25) is 4.79 Å². The second kappa shape index (κ2) is 5.24. The van der Waals surface area contributed by atoms with Crippen LogP contribution in [0.1, 0.15) is 15.9 Å². The van der Waals surface area contributed by atoms with Crippen molar-refractivity contribution in [2.75, 3.05) is 11.1 Å². The highest BCUT2D eigenvalue weighted by Crippen LogP contribution is 2.20. The van der Waals surface area contributed by atoms with Gasteiger partial charge in [-0.15, -0.1) is 0 Å². The van der Waals surface area contributed by atoms with E-state index in [0.29, 0.717) is 6.07 Å². The van der Waals surface area contributed by atoms with E-state index < -0.39 is 23.4 Å². The summed E-state index contributed by atoms with van der Waals surface area (Å²) in [6.07, 6.45) is 0. The van der Waals surface area contributed by atoms with E-state index in [1.54, 1.807) is 0 Å². The highest BCUT2D eigenvalue weighted by atomic mass is 19.1. The molecule has 0 fully saturated rings. The summed E-state index contributed by atoms with van der Waals surface area (Å²) in [5.41, 5.74) is 5.20. The van der Waals surface area contributed by atoms with Crippen molar-refractivity contribution in [3.63, 3.8) is 0 Å². The Kier molecular flexibility index (Phi) is 3.65. The number of nitrogen functional groups attached to an aromatic ring is 1. The average Bonchev–Trinajstić information content (AvgIpc) is 2.37. The number of nitrogens with one attached hydrogen (secondary N) is 1. The van der Waals surface area contributed by atoms with E-state index in [9.17, 15) is 18.0 Å². The van der Waals surface area contributed by atoms with Gasteiger partial charge in [0.05, 0.1) is 11.3 Å². The fourth-order valence-corrected chi connectivity index (χ4v) is 1.65. The number of hydrogen-bond acceptors (Lipinski definition) is 2. The minimum atomic E-state index is -1.01. The van der Waals surface area contributed by atoms with E-state index in [-0.39, 0.29) is 22.5 Å². The van der Waals surface area contributed by atoms with Crippen LogP contribution < -0.4 is 11.1 Å². The van der Waals surface area contributed by atoms with E-state index in [2.05, 4.69) is 5.32 Å². The first-order valence-electron chi connectivity index (χ1n) is 5.70. The number of anilines is 2. The number of rotatable bonds is 2. The lowest BCUT2D eigenvalue weighted by Crippen LogP contribution is -2.15. The molecule has 3 nitrogen and oxygen atoms in total. The maximum absolute atomic E-state index is 13.5. The number of benzene rings is 2. The van der Waals surface area contributed by atoms with Crippen LogP contribution in [0, 0.1) is 24.4 Å². The average molecular weight is 280 g/mol. The molecule has 0 spiro atoms. The highest BCUT2D eigenvalue weighted by molar-refractivity contribution is 6.04. The summed E-state index contributed by atoms with van der Waals surface area (Å²) in [5.74, 6) is -3.37. The van der Waals surface area contributed by atoms with Crippen molar-refractivity contribution in [2.24, 2.45) is 0 Å². The van der Waals surface area contributed by atoms with E-state index in [1.165, 1.54) is 19.1 Å². The van der Waals surface area contributed by atoms with Crippen LogP contribution in [-0.2, 0) is 0 Å². The predicted molar refractivity (Wildman–Crippen MR) is 69.9 cm³/mol. The predicted octanol–water partition coefficient (Wildman–Crippen LogP) is 3.25. The first kappa shape index (κ1) is 13.9. The van der Waals surface area contributed by atoms with Crippen LogP contribution in [0.4, 0.5) is 24.5 Å². The van der Waals surface area contributed by atoms with Crippen LogP contribution in [0.5, 0.6) is 0 Å². The molecule has 0 heterocycles. The first-order chi connectivity index (χ1) is 9.38. The number of halogens is 3. The second-order valence-corrected chi connectivity index (χ2v) is 4.27. The summed E-state index contributed by atoms with van der Waals surface area (Å²) < 4.78 is 40.2. The number of amides is 1. The molecule has 3 N–H and O–H groups in total. The molecule has 0 radical (unpaired) electrons. The van der Waals surface area contributed by atoms with E-state index >= 15 is 0 Å². The van der Waals surface area contributed by atoms with Gasteiger partial charge in [-0.25, -0.2) is 13.2 Å². The molecule has 0 saturated carbocycles. The van der Waals surface area contributed by atoms with Crippen LogP contribution in [-0.4, -0.2) is 5.91 Å². The third-order valence-electron chi connectivity index (χ3n) is 2.73. The molecule has 2 aromatic carbocycles. The van der Waals surface area contributed by atoms with Gasteiger partial charge in [-0.1, -0.05) is 0 Å². The molecule has 0 aliphatic rings. The van der Waals surface area contributed by atoms with E-state index in [0.717, 1.165) is 12.1 Å². The summed E-state index contributed by atoms with van der Waals surface area (Å²) in [6.45, 7) is 1.40. The largest absolute Gasteiger partial charge is 0.399 e. The molecule has 2 aromatic rings. The van der Waals surface area contributed by atoms with Gasteiger partial charge in [0.15, 0.2) is 0 Å². The summed E-state index contributed by atoms with van der Waals surface area (Å²) in [6, 6.07) is 5.36. The van der Waals surface area contributed by atoms with Crippen LogP contribution in [0.15, 0.2) is 30.3 Å². The Morgan fingerprint density at radius 3 is 2.40 bits per heavy atom. The number of nitrogens with two attached hydrogens (primary N) is 1. The van der Waals surface area contributed by atoms with E-state index in [4.69, 9.17) is 5.73 Å². The Balaban J connectivity index is 2.31. The summed E-state index contributed by atoms with van der Waals surface area (Å²) >= 11 is 0. The van der Waals surface area contributed by atoms with E-state index in [1.807, 2.05) is 0 Å². The minimum absolute atomic E-state index is 0.120. The minimum Gasteiger partial charge on any atom is -0.399 e. The zero-order valence-electron chi connectivity index (χ0n) is 10.5. The Hall–Kier alpha value is -2.50. The Morgan fingerprint density at radius 1 is 1.05 bits per heavy atom. The molecule has 0 aliphatic carbocycles. The van der Waals surface area contributed by atoms with Gasteiger partial charge >= 0.3 is 0 Å². The zero-order chi connectivity index (χ0) is 14.9. The third kappa shape index (κ3) is 2.74. The smallest absolute Gasteiger partial charge is 0.258 e. The quantitative estimate of drug-likeness (QED) is 0.830. The maximum Gasteiger partial charge on any atom is 0.258 e. The van der Waals surface area contributed by atoms with Crippen LogP contribution >= 0.6 is 0 Å². The number of carbonyl (C=O) groups is 1. The van der Waals surface area contributed by atoms with Crippen LogP contribution in [0.2, 0.25) is 0 Å². The van der Waals surface area contributed by atoms with Gasteiger partial charge in [-0.05, 0) is 36.8 Å². The van der Waals surface area contributed by atoms with Crippen molar-refractivity contribution in [3.05, 3.63) is 58.9 Å². The fraction of sp³-hybridized carbons (Fsp3) is 0.0714. The second-order valence-electron chi connectivity index (χ2n) is 4.27. The first-order valence-corrected chi connectivity index (χ1v) is 5.70. The van der Waals surface area contributed by atoms with Gasteiger partial charge < -0.3 is 11.1 Å². The zero-order valence-corrected chi connectivity index (χ0v) is 10.5. The lowest BCUT2D eigenvalue weighted by Gasteiger charge is -2.09. The molecule has 1 amide bonds. The normalized spacial score (nSPS) is 10.4. The molecule has 0 saturated heterocycles. The van der Waals surface area contributed by atoms with Gasteiger partial charge in [0, 0.05) is 11.8 Å². The monoisotopic (exact) mass is 280 g/mol. The summed E-state index contributed by atoms with van der Waals surface area (Å²) in [4.78, 5) is 11.9. The molecule has 104 valence electrons. The van der Waals surface area contributed by atoms with Crippen molar-refractivity contribution in [1.82, 2.24) is 0 Å². The highest BCUT2D eigenvalue weighted by Gasteiger charge is 2.16. The Labute approximate surface area is 113 Å². The van der Waals surface area contributed by atoms with Crippen molar-refractivity contribution in [2.45, 2.75) is 6.92 Å². The molecular formula is C14H11F3N2O. The molecule has 0 unspecified atom stereocenters. The van der Waals surface area contributed by atoms with Crippen molar-refractivity contribution >= 4 is 17.3 Å². The third-order valence-corrected chi connectivity index (χ3v) is 2.73. The topological polar surface area (TPSA) is 55.1 Å². The van der Waals surface area contributed by atoms with Gasteiger partial charge in [0.25, 0.3) is 5.91 Å². The molecule has 6 heteroatoms. The molecule has 0 atom stereocenters. The van der Waals surface area contributed by atoms with Crippen molar-refractivity contribution in [1.29, 1.82) is 0 Å². The molecule has 0 aliphatic heterocycles. The SMILES string of the molecule is Cc1cc(C(=O)Nc2ccc(N)cc2F)c(F)cc1F. The van der Waals surface area contributed by atoms with Crippen molar-refractivity contribution in [3.8, 4) is 0 Å². The fourth-order valence-electron chi connectivity index (χ4n) is 1.65. The Morgan fingerprint density at radius 2 is 1.75 bits per heavy atom. The summed E-state index contributed by atoms with van der Waals surface area (Å²) in [5, 5.41) is 2.21. The van der Waals surface area contributed by atoms with Gasteiger partial charge in [0.1, 0.15) is 17.5 Å². The lowest BCUT2D eigenvalue weighted by atomic mass is 10.1. The van der Waals surface area contributed by atoms with Crippen LogP contribution in [0.3, 0.4) is 0 Å². The van der Waals surface area contributed by atoms with Gasteiger partial charge in [0.2, 0.25) is 0 Å². The number of hydrogen-bond donors (Lipinski definition) is 2. The van der Waals surface area contributed by atoms with Crippen molar-refractivity contribution < 1.29 is 18.0 Å². The molecule has 2 rings (SSSR count). The Bertz CT molecular complexity index is 686. The maximum atomic E-state index is 13.5. The van der Waals surface area contributed by atoms with Crippen LogP contribution in [0.25, 0.3) is 0 Å². The molecule has 0 aromatic heterocycles. The van der Waals surface area contributed by atoms with Gasteiger partial charge in [-0.2, -0.15) is 0 Å². The number of aryl methyl sites for hydroxylation is 1. The number of carbonyl (C=O) groups excluding carboxylic acids is 1. The molecular weight excluding hydrogens is 269 g/mol.